The molecule has 0 saturated heterocycles. The molecule has 1 fully saturated rings. The van der Waals surface area contributed by atoms with Gasteiger partial charge >= 0.3 is 0 Å². The van der Waals surface area contributed by atoms with Crippen LogP contribution in [0.3, 0.4) is 0 Å². The largest absolute Gasteiger partial charge is 0.198 e. The van der Waals surface area contributed by atoms with Crippen LogP contribution in [0.15, 0.2) is 0 Å². The molecule has 1 saturated carbocycles. The fourth-order valence-electron chi connectivity index (χ4n) is 1.93. The SMILES string of the molecule is C[C@@H]1CC[C@](C)(C#N)C1(C)C. The van der Waals surface area contributed by atoms with Crippen LogP contribution in [-0.4, -0.2) is 0 Å². The van der Waals surface area contributed by atoms with Crippen molar-refractivity contribution in [3.05, 3.63) is 0 Å². The Hall–Kier alpha value is -0.510. The molecule has 0 heterocycles. The first-order valence-electron chi connectivity index (χ1n) is 4.35. The molecule has 0 radical (unpaired) electrons. The Labute approximate surface area is 69.4 Å². The van der Waals surface area contributed by atoms with E-state index in [1.165, 1.54) is 6.42 Å². The molecule has 0 unspecified atom stereocenters. The Bertz CT molecular complexity index is 199. The lowest BCUT2D eigenvalue weighted by Crippen LogP contribution is -2.31. The normalized spacial score (nSPS) is 41.9. The van der Waals surface area contributed by atoms with Gasteiger partial charge in [-0.25, -0.2) is 0 Å². The van der Waals surface area contributed by atoms with E-state index in [2.05, 4.69) is 33.8 Å². The van der Waals surface area contributed by atoms with Crippen molar-refractivity contribution in [2.24, 2.45) is 16.7 Å². The summed E-state index contributed by atoms with van der Waals surface area (Å²) < 4.78 is 0. The summed E-state index contributed by atoms with van der Waals surface area (Å²) in [6, 6.07) is 2.46. The zero-order chi connectivity index (χ0) is 8.70. The molecule has 0 bridgehead atoms. The molecular formula is C10H17N. The number of nitriles is 1. The molecule has 0 aromatic carbocycles. The molecule has 1 nitrogen and oxygen atoms in total. The molecule has 1 aliphatic rings. The minimum absolute atomic E-state index is 0.0909. The van der Waals surface area contributed by atoms with E-state index in [1.54, 1.807) is 0 Å². The van der Waals surface area contributed by atoms with E-state index in [1.807, 2.05) is 0 Å². The summed E-state index contributed by atoms with van der Waals surface area (Å²) in [6.07, 6.45) is 2.27. The van der Waals surface area contributed by atoms with Gasteiger partial charge in [-0.1, -0.05) is 20.8 Å². The van der Waals surface area contributed by atoms with Crippen molar-refractivity contribution in [2.45, 2.75) is 40.5 Å². The van der Waals surface area contributed by atoms with Crippen molar-refractivity contribution < 1.29 is 0 Å². The summed E-state index contributed by atoms with van der Waals surface area (Å²) in [5, 5.41) is 9.03. The number of rotatable bonds is 0. The Balaban J connectivity index is 2.97. The van der Waals surface area contributed by atoms with Crippen molar-refractivity contribution in [3.8, 4) is 6.07 Å². The molecular weight excluding hydrogens is 134 g/mol. The average molecular weight is 151 g/mol. The first kappa shape index (κ1) is 8.59. The Kier molecular flexibility index (Phi) is 1.75. The third-order valence-electron chi connectivity index (χ3n) is 3.98. The summed E-state index contributed by atoms with van der Waals surface area (Å²) in [6.45, 7) is 8.78. The quantitative estimate of drug-likeness (QED) is 0.522. The first-order valence-corrected chi connectivity index (χ1v) is 4.35. The number of nitrogens with zero attached hydrogens (tertiary/aromatic N) is 1. The molecule has 1 rings (SSSR count). The molecule has 0 spiro atoms. The lowest BCUT2D eigenvalue weighted by molar-refractivity contribution is 0.152. The fraction of sp³-hybridized carbons (Fsp3) is 0.900. The van der Waals surface area contributed by atoms with Gasteiger partial charge in [-0.15, -0.1) is 0 Å². The van der Waals surface area contributed by atoms with Gasteiger partial charge in [0.05, 0.1) is 11.5 Å². The lowest BCUT2D eigenvalue weighted by Gasteiger charge is -2.35. The number of hydrogen-bond acceptors (Lipinski definition) is 1. The van der Waals surface area contributed by atoms with Crippen LogP contribution in [0.25, 0.3) is 0 Å². The zero-order valence-electron chi connectivity index (χ0n) is 7.94. The topological polar surface area (TPSA) is 23.8 Å². The molecule has 0 N–H and O–H groups in total. The van der Waals surface area contributed by atoms with Crippen LogP contribution < -0.4 is 0 Å². The van der Waals surface area contributed by atoms with Gasteiger partial charge in [-0.05, 0) is 31.1 Å². The van der Waals surface area contributed by atoms with Crippen molar-refractivity contribution >= 4 is 0 Å². The van der Waals surface area contributed by atoms with Gasteiger partial charge in [0.15, 0.2) is 0 Å². The van der Waals surface area contributed by atoms with E-state index >= 15 is 0 Å². The van der Waals surface area contributed by atoms with Crippen LogP contribution in [0, 0.1) is 28.1 Å². The predicted molar refractivity (Wildman–Crippen MR) is 45.9 cm³/mol. The Morgan fingerprint density at radius 1 is 1.36 bits per heavy atom. The van der Waals surface area contributed by atoms with Crippen LogP contribution in [0.2, 0.25) is 0 Å². The second-order valence-corrected chi connectivity index (χ2v) is 4.61. The maximum absolute atomic E-state index is 9.03. The van der Waals surface area contributed by atoms with E-state index in [4.69, 9.17) is 5.26 Å². The highest BCUT2D eigenvalue weighted by Crippen LogP contribution is 2.55. The Morgan fingerprint density at radius 3 is 2.09 bits per heavy atom. The van der Waals surface area contributed by atoms with Gasteiger partial charge < -0.3 is 0 Å². The van der Waals surface area contributed by atoms with Gasteiger partial charge in [0.2, 0.25) is 0 Å². The van der Waals surface area contributed by atoms with E-state index in [9.17, 15) is 0 Å². The van der Waals surface area contributed by atoms with Crippen LogP contribution >= 0.6 is 0 Å². The molecule has 62 valence electrons. The van der Waals surface area contributed by atoms with Gasteiger partial charge in [-0.3, -0.25) is 0 Å². The lowest BCUT2D eigenvalue weighted by atomic mass is 9.67. The van der Waals surface area contributed by atoms with Crippen molar-refractivity contribution in [2.75, 3.05) is 0 Å². The van der Waals surface area contributed by atoms with Crippen LogP contribution in [0.1, 0.15) is 40.5 Å². The van der Waals surface area contributed by atoms with E-state index < -0.39 is 0 Å². The second kappa shape index (κ2) is 2.24. The van der Waals surface area contributed by atoms with E-state index in [0.29, 0.717) is 5.92 Å². The highest BCUT2D eigenvalue weighted by molar-refractivity contribution is 5.10. The maximum Gasteiger partial charge on any atom is 0.0692 e. The maximum atomic E-state index is 9.03. The van der Waals surface area contributed by atoms with Crippen molar-refractivity contribution in [1.29, 1.82) is 5.26 Å². The summed E-state index contributed by atoms with van der Waals surface area (Å²) in [7, 11) is 0. The van der Waals surface area contributed by atoms with E-state index in [0.717, 1.165) is 6.42 Å². The van der Waals surface area contributed by atoms with Crippen LogP contribution in [-0.2, 0) is 0 Å². The third-order valence-corrected chi connectivity index (χ3v) is 3.98. The zero-order valence-corrected chi connectivity index (χ0v) is 7.94. The predicted octanol–water partition coefficient (Wildman–Crippen LogP) is 2.97. The minimum atomic E-state index is -0.0909. The summed E-state index contributed by atoms with van der Waals surface area (Å²) in [5.74, 6) is 0.687. The molecule has 1 aliphatic carbocycles. The summed E-state index contributed by atoms with van der Waals surface area (Å²) in [4.78, 5) is 0. The Morgan fingerprint density at radius 2 is 1.91 bits per heavy atom. The fourth-order valence-corrected chi connectivity index (χ4v) is 1.93. The number of hydrogen-bond donors (Lipinski definition) is 0. The van der Waals surface area contributed by atoms with Gasteiger partial charge in [0, 0.05) is 0 Å². The van der Waals surface area contributed by atoms with Crippen molar-refractivity contribution in [3.63, 3.8) is 0 Å². The molecule has 11 heavy (non-hydrogen) atoms. The molecule has 0 aromatic rings. The summed E-state index contributed by atoms with van der Waals surface area (Å²) >= 11 is 0. The average Bonchev–Trinajstić information content (AvgIpc) is 2.15. The molecule has 1 heteroatoms. The smallest absolute Gasteiger partial charge is 0.0692 e. The molecule has 2 atom stereocenters. The van der Waals surface area contributed by atoms with Crippen LogP contribution in [0.5, 0.6) is 0 Å². The monoisotopic (exact) mass is 151 g/mol. The highest BCUT2D eigenvalue weighted by atomic mass is 14.5. The van der Waals surface area contributed by atoms with Crippen LogP contribution in [0.4, 0.5) is 0 Å². The standard InChI is InChI=1S/C10H17N/c1-8-5-6-10(4,7-11)9(8,2)3/h8H,5-6H2,1-4H3/t8-,10-/m1/s1. The molecule has 0 aliphatic heterocycles. The van der Waals surface area contributed by atoms with Gasteiger partial charge in [0.25, 0.3) is 0 Å². The van der Waals surface area contributed by atoms with Gasteiger partial charge in [-0.2, -0.15) is 5.26 Å². The second-order valence-electron chi connectivity index (χ2n) is 4.61. The summed E-state index contributed by atoms with van der Waals surface area (Å²) in [5.41, 5.74) is 0.105. The van der Waals surface area contributed by atoms with Crippen molar-refractivity contribution in [1.82, 2.24) is 0 Å². The highest BCUT2D eigenvalue weighted by Gasteiger charge is 2.49. The first-order chi connectivity index (χ1) is 4.94. The van der Waals surface area contributed by atoms with Gasteiger partial charge in [0.1, 0.15) is 0 Å². The minimum Gasteiger partial charge on any atom is -0.198 e. The van der Waals surface area contributed by atoms with E-state index in [-0.39, 0.29) is 10.8 Å². The molecule has 0 amide bonds. The third kappa shape index (κ3) is 0.965. The molecule has 0 aromatic heterocycles.